The summed E-state index contributed by atoms with van der Waals surface area (Å²) in [5, 5.41) is 8.80. The predicted octanol–water partition coefficient (Wildman–Crippen LogP) is 2.34. The smallest absolute Gasteiger partial charge is 0.410 e. The van der Waals surface area contributed by atoms with Crippen LogP contribution in [0.1, 0.15) is 32.8 Å². The maximum Gasteiger partial charge on any atom is 0.410 e. The monoisotopic (exact) mass is 289 g/mol. The van der Waals surface area contributed by atoms with Gasteiger partial charge < -0.3 is 14.4 Å². The van der Waals surface area contributed by atoms with E-state index in [1.54, 1.807) is 17.2 Å². The average molecular weight is 289 g/mol. The number of nitrogens with zero attached hydrogens (tertiary/aromatic N) is 3. The molecular weight excluding hydrogens is 270 g/mol. The average Bonchev–Trinajstić information content (AvgIpc) is 2.35. The van der Waals surface area contributed by atoms with E-state index in [4.69, 9.17) is 14.7 Å². The van der Waals surface area contributed by atoms with Gasteiger partial charge >= 0.3 is 6.09 Å². The van der Waals surface area contributed by atoms with Gasteiger partial charge in [0.05, 0.1) is 17.8 Å². The molecule has 6 heteroatoms. The number of hydrogen-bond acceptors (Lipinski definition) is 5. The Morgan fingerprint density at radius 2 is 2.29 bits per heavy atom. The topological polar surface area (TPSA) is 75.4 Å². The summed E-state index contributed by atoms with van der Waals surface area (Å²) < 4.78 is 10.9. The molecule has 1 amide bonds. The largest absolute Gasteiger partial charge is 0.490 e. The first-order chi connectivity index (χ1) is 9.89. The second kappa shape index (κ2) is 6.00. The van der Waals surface area contributed by atoms with Crippen molar-refractivity contribution < 1.29 is 14.3 Å². The molecule has 2 heterocycles. The molecule has 1 aromatic rings. The number of ether oxygens (including phenoxy) is 2. The van der Waals surface area contributed by atoms with Gasteiger partial charge in [0.25, 0.3) is 0 Å². The number of rotatable bonds is 3. The first-order valence-electron chi connectivity index (χ1n) is 6.86. The van der Waals surface area contributed by atoms with Crippen LogP contribution in [-0.2, 0) is 4.74 Å². The first-order valence-corrected chi connectivity index (χ1v) is 6.86. The first kappa shape index (κ1) is 15.1. The van der Waals surface area contributed by atoms with Gasteiger partial charge in [-0.05, 0) is 27.2 Å². The molecular formula is C15H19N3O3. The van der Waals surface area contributed by atoms with E-state index in [2.05, 4.69) is 4.98 Å². The second-order valence-electron chi connectivity index (χ2n) is 5.95. The molecule has 112 valence electrons. The third-order valence-electron chi connectivity index (χ3n) is 3.06. The number of aromatic nitrogens is 1. The Bertz CT molecular complexity index is 560. The van der Waals surface area contributed by atoms with Gasteiger partial charge in [0, 0.05) is 18.8 Å². The molecule has 0 bridgehead atoms. The maximum absolute atomic E-state index is 12.0. The van der Waals surface area contributed by atoms with E-state index in [-0.39, 0.29) is 12.1 Å². The fourth-order valence-electron chi connectivity index (χ4n) is 1.93. The number of likely N-dealkylation sites (tertiary alicyclic amines) is 1. The van der Waals surface area contributed by atoms with Gasteiger partial charge in [0.1, 0.15) is 24.0 Å². The van der Waals surface area contributed by atoms with Crippen molar-refractivity contribution in [2.24, 2.45) is 0 Å². The Morgan fingerprint density at radius 3 is 2.86 bits per heavy atom. The van der Waals surface area contributed by atoms with E-state index in [1.165, 1.54) is 6.20 Å². The molecule has 0 N–H and O–H groups in total. The van der Waals surface area contributed by atoms with Crippen LogP contribution in [0.5, 0.6) is 5.75 Å². The summed E-state index contributed by atoms with van der Waals surface area (Å²) in [7, 11) is 0. The van der Waals surface area contributed by atoms with Crippen molar-refractivity contribution in [3.05, 3.63) is 24.0 Å². The fourth-order valence-corrected chi connectivity index (χ4v) is 1.93. The highest BCUT2D eigenvalue weighted by molar-refractivity contribution is 5.69. The molecule has 1 aromatic heterocycles. The summed E-state index contributed by atoms with van der Waals surface area (Å²) in [4.78, 5) is 17.5. The minimum absolute atomic E-state index is 0.00518. The molecule has 1 aliphatic rings. The fraction of sp³-hybridized carbons (Fsp3) is 0.533. The van der Waals surface area contributed by atoms with Gasteiger partial charge in [-0.3, -0.25) is 4.98 Å². The quantitative estimate of drug-likeness (QED) is 0.853. The number of amides is 1. The number of pyridine rings is 1. The molecule has 0 unspecified atom stereocenters. The second-order valence-corrected chi connectivity index (χ2v) is 5.95. The Kier molecular flexibility index (Phi) is 4.32. The third kappa shape index (κ3) is 4.09. The maximum atomic E-state index is 12.0. The van der Waals surface area contributed by atoms with E-state index >= 15 is 0 Å². The highest BCUT2D eigenvalue weighted by atomic mass is 16.6. The molecule has 0 radical (unpaired) electrons. The molecule has 0 aromatic carbocycles. The molecule has 1 saturated heterocycles. The zero-order chi connectivity index (χ0) is 15.5. The van der Waals surface area contributed by atoms with Crippen LogP contribution in [0.4, 0.5) is 4.79 Å². The number of nitriles is 1. The SMILES string of the molecule is CC(C)(C)OC(=O)N1CC[C@H]1COc1cncc(C#N)c1. The van der Waals surface area contributed by atoms with E-state index < -0.39 is 5.60 Å². The number of carbonyl (C=O) groups is 1. The minimum Gasteiger partial charge on any atom is -0.490 e. The number of hydrogen-bond donors (Lipinski definition) is 0. The summed E-state index contributed by atoms with van der Waals surface area (Å²) in [5.74, 6) is 0.532. The lowest BCUT2D eigenvalue weighted by molar-refractivity contribution is -0.0141. The lowest BCUT2D eigenvalue weighted by Crippen LogP contribution is -2.55. The summed E-state index contributed by atoms with van der Waals surface area (Å²) in [5.41, 5.74) is -0.0477. The van der Waals surface area contributed by atoms with Crippen molar-refractivity contribution in [1.82, 2.24) is 9.88 Å². The van der Waals surface area contributed by atoms with Crippen molar-refractivity contribution in [2.45, 2.75) is 38.8 Å². The molecule has 1 atom stereocenters. The predicted molar refractivity (Wildman–Crippen MR) is 75.8 cm³/mol. The van der Waals surface area contributed by atoms with Crippen LogP contribution in [0.2, 0.25) is 0 Å². The summed E-state index contributed by atoms with van der Waals surface area (Å²) in [6, 6.07) is 3.64. The highest BCUT2D eigenvalue weighted by Gasteiger charge is 2.35. The minimum atomic E-state index is -0.497. The van der Waals surface area contributed by atoms with Crippen molar-refractivity contribution in [2.75, 3.05) is 13.2 Å². The van der Waals surface area contributed by atoms with Crippen molar-refractivity contribution in [1.29, 1.82) is 5.26 Å². The summed E-state index contributed by atoms with van der Waals surface area (Å²) in [6.45, 7) is 6.58. The van der Waals surface area contributed by atoms with Gasteiger partial charge in [0.2, 0.25) is 0 Å². The normalized spacial score (nSPS) is 17.6. The van der Waals surface area contributed by atoms with Crippen LogP contribution in [0.15, 0.2) is 18.5 Å². The van der Waals surface area contributed by atoms with Crippen molar-refractivity contribution >= 4 is 6.09 Å². The lowest BCUT2D eigenvalue weighted by Gasteiger charge is -2.40. The standard InChI is InChI=1S/C15H19N3O3/c1-15(2,3)21-14(19)18-5-4-12(18)10-20-13-6-11(7-16)8-17-9-13/h6,8-9,12H,4-5,10H2,1-3H3/t12-/m0/s1. The Balaban J connectivity index is 1.86. The van der Waals surface area contributed by atoms with Crippen LogP contribution >= 0.6 is 0 Å². The molecule has 0 saturated carbocycles. The van der Waals surface area contributed by atoms with E-state index in [0.717, 1.165) is 6.42 Å². The summed E-state index contributed by atoms with van der Waals surface area (Å²) >= 11 is 0. The molecule has 0 spiro atoms. The van der Waals surface area contributed by atoms with Crippen LogP contribution in [0, 0.1) is 11.3 Å². The Hall–Kier alpha value is -2.29. The Labute approximate surface area is 124 Å². The van der Waals surface area contributed by atoms with Crippen LogP contribution in [0.3, 0.4) is 0 Å². The van der Waals surface area contributed by atoms with Gasteiger partial charge in [-0.25, -0.2) is 4.79 Å². The number of carbonyl (C=O) groups excluding carboxylic acids is 1. The Morgan fingerprint density at radius 1 is 1.52 bits per heavy atom. The van der Waals surface area contributed by atoms with Crippen molar-refractivity contribution in [3.8, 4) is 11.8 Å². The molecule has 1 fully saturated rings. The lowest BCUT2D eigenvalue weighted by atomic mass is 10.1. The van der Waals surface area contributed by atoms with Gasteiger partial charge in [-0.2, -0.15) is 5.26 Å². The van der Waals surface area contributed by atoms with Crippen LogP contribution in [0.25, 0.3) is 0 Å². The molecule has 0 aliphatic carbocycles. The third-order valence-corrected chi connectivity index (χ3v) is 3.06. The van der Waals surface area contributed by atoms with E-state index in [1.807, 2.05) is 26.8 Å². The van der Waals surface area contributed by atoms with Gasteiger partial charge in [-0.1, -0.05) is 0 Å². The van der Waals surface area contributed by atoms with Crippen LogP contribution in [-0.4, -0.2) is 40.8 Å². The van der Waals surface area contributed by atoms with Gasteiger partial charge in [0.15, 0.2) is 0 Å². The summed E-state index contributed by atoms with van der Waals surface area (Å²) in [6.07, 6.45) is 3.59. The van der Waals surface area contributed by atoms with E-state index in [9.17, 15) is 4.79 Å². The molecule has 2 rings (SSSR count). The zero-order valence-corrected chi connectivity index (χ0v) is 12.5. The molecule has 21 heavy (non-hydrogen) atoms. The van der Waals surface area contributed by atoms with Crippen LogP contribution < -0.4 is 4.74 Å². The highest BCUT2D eigenvalue weighted by Crippen LogP contribution is 2.22. The molecule has 1 aliphatic heterocycles. The van der Waals surface area contributed by atoms with Gasteiger partial charge in [-0.15, -0.1) is 0 Å². The molecule has 6 nitrogen and oxygen atoms in total. The van der Waals surface area contributed by atoms with E-state index in [0.29, 0.717) is 24.5 Å². The zero-order valence-electron chi connectivity index (χ0n) is 12.5. The van der Waals surface area contributed by atoms with Crippen molar-refractivity contribution in [3.63, 3.8) is 0 Å².